The average molecular weight is 628 g/mol. The Morgan fingerprint density at radius 2 is 1.58 bits per heavy atom. The van der Waals surface area contributed by atoms with Gasteiger partial charge in [-0.3, -0.25) is 19.8 Å². The van der Waals surface area contributed by atoms with E-state index >= 15 is 0 Å². The van der Waals surface area contributed by atoms with Crippen LogP contribution in [0.15, 0.2) is 60.2 Å². The number of benzene rings is 3. The summed E-state index contributed by atoms with van der Waals surface area (Å²) in [4.78, 5) is 39.9. The molecule has 0 unspecified atom stereocenters. The van der Waals surface area contributed by atoms with Crippen molar-refractivity contribution < 1.29 is 33.3 Å². The molecular weight excluding hydrogens is 595 g/mol. The van der Waals surface area contributed by atoms with Crippen LogP contribution < -0.4 is 24.3 Å². The quantitative estimate of drug-likeness (QED) is 0.164. The minimum Gasteiger partial charge on any atom is -0.490 e. The lowest BCUT2D eigenvalue weighted by molar-refractivity contribution is -0.130. The molecule has 1 heterocycles. The summed E-state index contributed by atoms with van der Waals surface area (Å²) in [6.45, 7) is 7.00. The van der Waals surface area contributed by atoms with Crippen molar-refractivity contribution in [2.75, 3.05) is 19.8 Å². The number of nitrogens with zero attached hydrogens (tertiary/aromatic N) is 1. The Labute approximate surface area is 260 Å². The largest absolute Gasteiger partial charge is 0.490 e. The summed E-state index contributed by atoms with van der Waals surface area (Å²) in [5.41, 5.74) is 1.63. The summed E-state index contributed by atoms with van der Waals surface area (Å²) in [5.74, 6) is 0.126. The predicted molar refractivity (Wildman–Crippen MR) is 164 cm³/mol. The van der Waals surface area contributed by atoms with E-state index in [-0.39, 0.29) is 23.7 Å². The highest BCUT2D eigenvalue weighted by atomic mass is 35.5. The number of ether oxygens (including phenoxy) is 4. The summed E-state index contributed by atoms with van der Waals surface area (Å²) in [7, 11) is 0. The molecule has 1 aliphatic rings. The second-order valence-corrected chi connectivity index (χ2v) is 10.3. The second-order valence-electron chi connectivity index (χ2n) is 9.45. The topological polar surface area (TPSA) is 103 Å². The Hall–Kier alpha value is -4.21. The molecule has 1 saturated heterocycles. The Morgan fingerprint density at radius 3 is 2.30 bits per heavy atom. The molecule has 0 spiro atoms. The summed E-state index contributed by atoms with van der Waals surface area (Å²) >= 11 is 12.6. The molecule has 11 heteroatoms. The molecule has 0 radical (unpaired) electrons. The monoisotopic (exact) mass is 626 g/mol. The molecule has 3 aromatic rings. The predicted octanol–water partition coefficient (Wildman–Crippen LogP) is 6.82. The molecule has 43 heavy (non-hydrogen) atoms. The van der Waals surface area contributed by atoms with Gasteiger partial charge < -0.3 is 18.9 Å². The van der Waals surface area contributed by atoms with Crippen molar-refractivity contribution in [3.8, 4) is 23.0 Å². The number of halogens is 2. The number of hydrogen-bond donors (Lipinski definition) is 1. The van der Waals surface area contributed by atoms with Gasteiger partial charge in [-0.2, -0.15) is 0 Å². The molecule has 0 saturated carbocycles. The third-order valence-electron chi connectivity index (χ3n) is 6.21. The van der Waals surface area contributed by atoms with Gasteiger partial charge in [0, 0.05) is 5.02 Å². The first-order chi connectivity index (χ1) is 20.7. The number of barbiturate groups is 1. The smallest absolute Gasteiger partial charge is 0.331 e. The Balaban J connectivity index is 1.59. The first-order valence-electron chi connectivity index (χ1n) is 13.8. The minimum atomic E-state index is -0.825. The molecule has 4 amide bonds. The Morgan fingerprint density at radius 1 is 0.814 bits per heavy atom. The van der Waals surface area contributed by atoms with E-state index in [0.29, 0.717) is 59.0 Å². The summed E-state index contributed by atoms with van der Waals surface area (Å²) in [6.07, 6.45) is 2.19. The molecule has 226 valence electrons. The van der Waals surface area contributed by atoms with Crippen LogP contribution in [0.5, 0.6) is 23.0 Å². The van der Waals surface area contributed by atoms with Crippen LogP contribution >= 0.6 is 23.2 Å². The van der Waals surface area contributed by atoms with E-state index in [4.69, 9.17) is 42.1 Å². The van der Waals surface area contributed by atoms with Crippen molar-refractivity contribution in [3.05, 3.63) is 86.9 Å². The number of urea groups is 1. The van der Waals surface area contributed by atoms with Crippen LogP contribution in [-0.4, -0.2) is 42.6 Å². The van der Waals surface area contributed by atoms with E-state index in [0.717, 1.165) is 16.9 Å². The summed E-state index contributed by atoms with van der Waals surface area (Å²) in [5, 5.41) is 3.03. The lowest BCUT2D eigenvalue weighted by Gasteiger charge is -2.26. The number of carbonyl (C=O) groups is 3. The van der Waals surface area contributed by atoms with Gasteiger partial charge in [0.25, 0.3) is 11.8 Å². The molecule has 1 fully saturated rings. The number of nitrogens with one attached hydrogen (secondary N) is 1. The number of carbonyl (C=O) groups excluding carboxylic acids is 3. The van der Waals surface area contributed by atoms with Crippen LogP contribution in [0.4, 0.5) is 4.79 Å². The van der Waals surface area contributed by atoms with Crippen LogP contribution in [-0.2, 0) is 22.7 Å². The standard InChI is InChI=1S/C32H32Cl2N2O7/c1-4-12-42-26-11-10-20(16-27(26)40-5-2)18-36-31(38)24(30(37)35-32(36)39)14-22-15-25(34)29(28(17-22)41-6-3)43-19-21-8-7-9-23(33)13-21/h7-11,13-17H,4-6,12,18-19H2,1-3H3,(H,35,37,39)/b24-14+. The Bertz CT molecular complexity index is 1540. The van der Waals surface area contributed by atoms with Crippen molar-refractivity contribution in [1.82, 2.24) is 10.2 Å². The lowest BCUT2D eigenvalue weighted by atomic mass is 10.1. The highest BCUT2D eigenvalue weighted by molar-refractivity contribution is 6.33. The summed E-state index contributed by atoms with van der Waals surface area (Å²) < 4.78 is 23.1. The molecule has 9 nitrogen and oxygen atoms in total. The van der Waals surface area contributed by atoms with E-state index < -0.39 is 17.8 Å². The molecule has 3 aromatic carbocycles. The minimum absolute atomic E-state index is 0.0926. The van der Waals surface area contributed by atoms with Crippen molar-refractivity contribution >= 4 is 47.1 Å². The lowest BCUT2D eigenvalue weighted by Crippen LogP contribution is -2.53. The maximum absolute atomic E-state index is 13.4. The van der Waals surface area contributed by atoms with Gasteiger partial charge in [-0.25, -0.2) is 4.79 Å². The van der Waals surface area contributed by atoms with E-state index in [9.17, 15) is 14.4 Å². The average Bonchev–Trinajstić information content (AvgIpc) is 2.97. The third-order valence-corrected chi connectivity index (χ3v) is 6.73. The van der Waals surface area contributed by atoms with Crippen LogP contribution in [0.25, 0.3) is 6.08 Å². The second kappa shape index (κ2) is 14.8. The van der Waals surface area contributed by atoms with Crippen LogP contribution in [0.3, 0.4) is 0 Å². The fourth-order valence-electron chi connectivity index (χ4n) is 4.29. The molecule has 0 bridgehead atoms. The zero-order chi connectivity index (χ0) is 30.9. The first kappa shape index (κ1) is 31.7. The SMILES string of the molecule is CCCOc1ccc(CN2C(=O)NC(=O)/C(=C\c3cc(Cl)c(OCc4cccc(Cl)c4)c(OCC)c3)C2=O)cc1OCC. The fraction of sp³-hybridized carbons (Fsp3) is 0.281. The molecule has 0 aliphatic carbocycles. The number of amides is 4. The maximum atomic E-state index is 13.4. The van der Waals surface area contributed by atoms with Crippen molar-refractivity contribution in [2.45, 2.75) is 40.3 Å². The normalized spacial score (nSPS) is 14.1. The molecular formula is C32H32Cl2N2O7. The van der Waals surface area contributed by atoms with Gasteiger partial charge >= 0.3 is 6.03 Å². The van der Waals surface area contributed by atoms with E-state index in [1.54, 1.807) is 49.4 Å². The molecule has 1 aliphatic heterocycles. The van der Waals surface area contributed by atoms with Gasteiger partial charge in [-0.1, -0.05) is 48.3 Å². The third kappa shape index (κ3) is 8.00. The number of rotatable bonds is 13. The highest BCUT2D eigenvalue weighted by Gasteiger charge is 2.36. The highest BCUT2D eigenvalue weighted by Crippen LogP contribution is 2.38. The molecule has 0 aromatic heterocycles. The van der Waals surface area contributed by atoms with Gasteiger partial charge in [0.05, 0.1) is 31.4 Å². The zero-order valence-electron chi connectivity index (χ0n) is 24.1. The van der Waals surface area contributed by atoms with Crippen molar-refractivity contribution in [1.29, 1.82) is 0 Å². The van der Waals surface area contributed by atoms with Gasteiger partial charge in [0.15, 0.2) is 23.0 Å². The van der Waals surface area contributed by atoms with Gasteiger partial charge in [-0.05, 0) is 79.4 Å². The molecule has 4 rings (SSSR count). The van der Waals surface area contributed by atoms with E-state index in [1.807, 2.05) is 26.0 Å². The van der Waals surface area contributed by atoms with Gasteiger partial charge in [0.1, 0.15) is 12.2 Å². The maximum Gasteiger partial charge on any atom is 0.331 e. The van der Waals surface area contributed by atoms with Gasteiger partial charge in [0.2, 0.25) is 0 Å². The Kier molecular flexibility index (Phi) is 10.9. The van der Waals surface area contributed by atoms with Crippen molar-refractivity contribution in [3.63, 3.8) is 0 Å². The number of imide groups is 2. The van der Waals surface area contributed by atoms with Gasteiger partial charge in [-0.15, -0.1) is 0 Å². The van der Waals surface area contributed by atoms with E-state index in [2.05, 4.69) is 5.32 Å². The van der Waals surface area contributed by atoms with Crippen LogP contribution in [0.1, 0.15) is 43.9 Å². The van der Waals surface area contributed by atoms with Crippen molar-refractivity contribution in [2.24, 2.45) is 0 Å². The van der Waals surface area contributed by atoms with Crippen LogP contribution in [0.2, 0.25) is 10.0 Å². The number of hydrogen-bond acceptors (Lipinski definition) is 7. The molecule has 1 N–H and O–H groups in total. The van der Waals surface area contributed by atoms with E-state index in [1.165, 1.54) is 6.08 Å². The first-order valence-corrected chi connectivity index (χ1v) is 14.6. The summed E-state index contributed by atoms with van der Waals surface area (Å²) in [6, 6.07) is 14.8. The zero-order valence-corrected chi connectivity index (χ0v) is 25.6. The van der Waals surface area contributed by atoms with Crippen LogP contribution in [0, 0.1) is 0 Å². The fourth-order valence-corrected chi connectivity index (χ4v) is 4.78. The molecule has 0 atom stereocenters.